The molecule has 0 aliphatic rings. The van der Waals surface area contributed by atoms with E-state index in [1.807, 2.05) is 41.1 Å². The average molecular weight is 319 g/mol. The van der Waals surface area contributed by atoms with Gasteiger partial charge in [-0.05, 0) is 42.5 Å². The van der Waals surface area contributed by atoms with Gasteiger partial charge in [0, 0.05) is 37.3 Å². The molecule has 3 aromatic rings. The molecule has 0 N–H and O–H groups in total. The molecule has 2 aromatic heterocycles. The van der Waals surface area contributed by atoms with Gasteiger partial charge in [-0.3, -0.25) is 4.79 Å². The van der Waals surface area contributed by atoms with Crippen LogP contribution in [0.4, 0.5) is 5.69 Å². The summed E-state index contributed by atoms with van der Waals surface area (Å²) in [5.74, 6) is -0.0968. The van der Waals surface area contributed by atoms with Gasteiger partial charge in [0.1, 0.15) is 0 Å². The van der Waals surface area contributed by atoms with Crippen molar-refractivity contribution in [3.8, 4) is 6.07 Å². The zero-order valence-corrected chi connectivity index (χ0v) is 13.3. The Kier molecular flexibility index (Phi) is 4.59. The summed E-state index contributed by atoms with van der Waals surface area (Å²) in [6.07, 6.45) is 3.73. The maximum Gasteiger partial charge on any atom is 0.259 e. The quantitative estimate of drug-likeness (QED) is 0.726. The summed E-state index contributed by atoms with van der Waals surface area (Å²) in [7, 11) is 1.61. The maximum atomic E-state index is 13.0. The first kappa shape index (κ1) is 15.8. The van der Waals surface area contributed by atoms with Crippen LogP contribution in [0.3, 0.4) is 0 Å². The molecule has 2 heterocycles. The van der Waals surface area contributed by atoms with Crippen molar-refractivity contribution in [2.45, 2.75) is 0 Å². The van der Waals surface area contributed by atoms with Gasteiger partial charge in [0.05, 0.1) is 23.8 Å². The van der Waals surface area contributed by atoms with Gasteiger partial charge >= 0.3 is 0 Å². The highest BCUT2D eigenvalue weighted by atomic mass is 16.5. The summed E-state index contributed by atoms with van der Waals surface area (Å²) in [5.41, 5.74) is 2.88. The molecule has 0 unspecified atom stereocenters. The van der Waals surface area contributed by atoms with E-state index in [0.717, 1.165) is 11.2 Å². The molecule has 5 nitrogen and oxygen atoms in total. The number of benzene rings is 1. The van der Waals surface area contributed by atoms with Gasteiger partial charge in [0.2, 0.25) is 0 Å². The van der Waals surface area contributed by atoms with E-state index in [0.29, 0.717) is 24.3 Å². The largest absolute Gasteiger partial charge is 0.383 e. The lowest BCUT2D eigenvalue weighted by atomic mass is 10.2. The summed E-state index contributed by atoms with van der Waals surface area (Å²) >= 11 is 0. The van der Waals surface area contributed by atoms with Crippen LogP contribution >= 0.6 is 0 Å². The predicted octanol–water partition coefficient (Wildman–Crippen LogP) is 3.10. The van der Waals surface area contributed by atoms with E-state index in [4.69, 9.17) is 10.00 Å². The van der Waals surface area contributed by atoms with Gasteiger partial charge < -0.3 is 14.0 Å². The lowest BCUT2D eigenvalue weighted by Gasteiger charge is -2.22. The van der Waals surface area contributed by atoms with E-state index < -0.39 is 0 Å². The number of carbonyl (C=O) groups excluding carboxylic acids is 1. The third-order valence-electron chi connectivity index (χ3n) is 3.82. The summed E-state index contributed by atoms with van der Waals surface area (Å²) in [5, 5.41) is 8.92. The Labute approximate surface area is 140 Å². The molecule has 0 aliphatic heterocycles. The number of ether oxygens (including phenoxy) is 1. The molecule has 3 rings (SSSR count). The molecule has 5 heteroatoms. The topological polar surface area (TPSA) is 57.7 Å². The molecule has 0 fully saturated rings. The molecule has 0 spiro atoms. The normalized spacial score (nSPS) is 10.5. The molecule has 0 saturated heterocycles. The third-order valence-corrected chi connectivity index (χ3v) is 3.82. The molecule has 120 valence electrons. The first-order valence-corrected chi connectivity index (χ1v) is 7.60. The second-order valence-corrected chi connectivity index (χ2v) is 5.37. The van der Waals surface area contributed by atoms with Crippen LogP contribution in [0.2, 0.25) is 0 Å². The highest BCUT2D eigenvalue weighted by Crippen LogP contribution is 2.19. The number of methoxy groups -OCH3 is 1. The standard InChI is InChI=1S/C19H17N3O2/c1-24-11-10-22(17-7-5-15(13-20)6-8-17)19(23)16-12-18-4-2-3-9-21(18)14-16/h2-9,12,14H,10-11H2,1H3. The molecule has 0 aliphatic carbocycles. The van der Waals surface area contributed by atoms with Crippen LogP contribution in [0, 0.1) is 11.3 Å². The van der Waals surface area contributed by atoms with Crippen LogP contribution in [0.1, 0.15) is 15.9 Å². The lowest BCUT2D eigenvalue weighted by molar-refractivity contribution is 0.0976. The molecule has 0 atom stereocenters. The van der Waals surface area contributed by atoms with E-state index in [1.165, 1.54) is 0 Å². The second-order valence-electron chi connectivity index (χ2n) is 5.37. The maximum absolute atomic E-state index is 13.0. The second kappa shape index (κ2) is 6.99. The summed E-state index contributed by atoms with van der Waals surface area (Å²) in [6.45, 7) is 0.868. The van der Waals surface area contributed by atoms with Crippen molar-refractivity contribution in [3.63, 3.8) is 0 Å². The molecule has 0 saturated carbocycles. The van der Waals surface area contributed by atoms with Gasteiger partial charge in [-0.15, -0.1) is 0 Å². The van der Waals surface area contributed by atoms with Crippen LogP contribution < -0.4 is 4.90 Å². The number of hydrogen-bond acceptors (Lipinski definition) is 3. The third kappa shape index (κ3) is 3.14. The zero-order valence-electron chi connectivity index (χ0n) is 13.3. The van der Waals surface area contributed by atoms with Crippen LogP contribution in [0.5, 0.6) is 0 Å². The highest BCUT2D eigenvalue weighted by molar-refractivity contribution is 6.06. The number of amides is 1. The van der Waals surface area contributed by atoms with Crippen molar-refractivity contribution >= 4 is 17.1 Å². The summed E-state index contributed by atoms with van der Waals surface area (Å²) < 4.78 is 7.05. The minimum Gasteiger partial charge on any atom is -0.383 e. The minimum absolute atomic E-state index is 0.0968. The fraction of sp³-hybridized carbons (Fsp3) is 0.158. The van der Waals surface area contributed by atoms with E-state index in [-0.39, 0.29) is 5.91 Å². The summed E-state index contributed by atoms with van der Waals surface area (Å²) in [4.78, 5) is 14.6. The number of nitrogens with zero attached hydrogens (tertiary/aromatic N) is 3. The number of pyridine rings is 1. The Morgan fingerprint density at radius 1 is 1.25 bits per heavy atom. The van der Waals surface area contributed by atoms with Crippen molar-refractivity contribution < 1.29 is 9.53 Å². The van der Waals surface area contributed by atoms with Crippen molar-refractivity contribution in [1.82, 2.24) is 4.40 Å². The van der Waals surface area contributed by atoms with Crippen LogP contribution in [0.15, 0.2) is 60.9 Å². The van der Waals surface area contributed by atoms with Gasteiger partial charge in [-0.25, -0.2) is 0 Å². The number of fused-ring (bicyclic) bond motifs is 1. The Balaban J connectivity index is 1.94. The average Bonchev–Trinajstić information content (AvgIpc) is 3.06. The van der Waals surface area contributed by atoms with Gasteiger partial charge in [-0.1, -0.05) is 6.07 Å². The molecule has 0 radical (unpaired) electrons. The van der Waals surface area contributed by atoms with E-state index in [9.17, 15) is 4.79 Å². The number of aromatic nitrogens is 1. The Morgan fingerprint density at radius 2 is 2.04 bits per heavy atom. The van der Waals surface area contributed by atoms with Gasteiger partial charge in [-0.2, -0.15) is 5.26 Å². The fourth-order valence-corrected chi connectivity index (χ4v) is 2.57. The molecule has 1 amide bonds. The van der Waals surface area contributed by atoms with E-state index in [2.05, 4.69) is 6.07 Å². The molecule has 1 aromatic carbocycles. The van der Waals surface area contributed by atoms with Crippen LogP contribution in [0.25, 0.3) is 5.52 Å². The number of nitriles is 1. The van der Waals surface area contributed by atoms with Crippen LogP contribution in [-0.4, -0.2) is 30.6 Å². The zero-order chi connectivity index (χ0) is 16.9. The van der Waals surface area contributed by atoms with Crippen molar-refractivity contribution in [2.75, 3.05) is 25.2 Å². The predicted molar refractivity (Wildman–Crippen MR) is 92.1 cm³/mol. The Morgan fingerprint density at radius 3 is 2.71 bits per heavy atom. The minimum atomic E-state index is -0.0968. The number of anilines is 1. The number of rotatable bonds is 5. The smallest absolute Gasteiger partial charge is 0.259 e. The SMILES string of the molecule is COCCN(C(=O)c1cc2ccccn2c1)c1ccc(C#N)cc1. The highest BCUT2D eigenvalue weighted by Gasteiger charge is 2.19. The van der Waals surface area contributed by atoms with Gasteiger partial charge in [0.15, 0.2) is 0 Å². The van der Waals surface area contributed by atoms with Crippen molar-refractivity contribution in [1.29, 1.82) is 5.26 Å². The molecule has 0 bridgehead atoms. The lowest BCUT2D eigenvalue weighted by Crippen LogP contribution is -2.33. The number of carbonyl (C=O) groups is 1. The monoisotopic (exact) mass is 319 g/mol. The summed E-state index contributed by atoms with van der Waals surface area (Å²) in [6, 6.07) is 16.7. The molecular formula is C19H17N3O2. The Bertz CT molecular complexity index is 858. The Hall–Kier alpha value is -3.10. The first-order chi connectivity index (χ1) is 11.7. The van der Waals surface area contributed by atoms with Crippen LogP contribution in [-0.2, 0) is 4.74 Å². The fourth-order valence-electron chi connectivity index (χ4n) is 2.57. The van der Waals surface area contributed by atoms with Crippen molar-refractivity contribution in [3.05, 3.63) is 72.1 Å². The van der Waals surface area contributed by atoms with Crippen molar-refractivity contribution in [2.24, 2.45) is 0 Å². The molecule has 24 heavy (non-hydrogen) atoms. The van der Waals surface area contributed by atoms with Gasteiger partial charge in [0.25, 0.3) is 5.91 Å². The number of hydrogen-bond donors (Lipinski definition) is 0. The van der Waals surface area contributed by atoms with E-state index >= 15 is 0 Å². The molecular weight excluding hydrogens is 302 g/mol. The van der Waals surface area contributed by atoms with E-state index in [1.54, 1.807) is 36.3 Å². The first-order valence-electron chi connectivity index (χ1n) is 7.60.